The Morgan fingerprint density at radius 1 is 1.20 bits per heavy atom. The minimum absolute atomic E-state index is 0.0142. The maximum Gasteiger partial charge on any atom is 0.418 e. The smallest absolute Gasteiger partial charge is 0.418 e. The highest BCUT2D eigenvalue weighted by molar-refractivity contribution is 6.31. The van der Waals surface area contributed by atoms with Crippen molar-refractivity contribution in [3.8, 4) is 23.3 Å². The number of likely N-dealkylation sites (N-methyl/N-ethyl adjacent to an activating group) is 1. The fourth-order valence-corrected chi connectivity index (χ4v) is 8.14. The van der Waals surface area contributed by atoms with E-state index < -0.39 is 51.6 Å². The number of amides is 1. The molecule has 0 radical (unpaired) electrons. The SMILES string of the molecule is CN1CC[C@@H]1/C=C/C(=O)N1CCN(c2nc(OC[C@@]34CCCN3CC(F)C4)nc3c(F)c(-c4cccc(Cl)c4C(F)(F)F)ncc23)C[C@@H]1CC#N. The molecule has 7 rings (SSSR count). The van der Waals surface area contributed by atoms with Crippen molar-refractivity contribution >= 4 is 34.2 Å². The standard InChI is InChI=1S/C35H36ClF5N8O2/c1-46-13-9-22(46)6-7-27(50)49-15-14-47(19-23(49)8-11-42)32-25-17-43-30(24-4-2-5-26(36)28(24)35(39,40)41)29(38)31(25)44-33(45-32)51-20-34-10-3-12-48(34)18-21(37)16-34/h2,4-7,17,21-23H,3,8-10,12-16,18-20H2,1H3/b7-6+/t21?,22-,23-,34-/m0/s1. The van der Waals surface area contributed by atoms with Crippen LogP contribution in [0, 0.1) is 17.1 Å². The number of nitrogens with zero attached hydrogens (tertiary/aromatic N) is 8. The molecule has 4 saturated heterocycles. The third-order valence-corrected chi connectivity index (χ3v) is 10.9. The lowest BCUT2D eigenvalue weighted by molar-refractivity contribution is -0.137. The van der Waals surface area contributed by atoms with Crippen LogP contribution >= 0.6 is 11.6 Å². The van der Waals surface area contributed by atoms with Gasteiger partial charge in [0.15, 0.2) is 5.82 Å². The summed E-state index contributed by atoms with van der Waals surface area (Å²) in [6, 6.07) is 4.99. The number of rotatable bonds is 8. The number of hydrogen-bond donors (Lipinski definition) is 0. The van der Waals surface area contributed by atoms with E-state index in [1.165, 1.54) is 18.3 Å². The van der Waals surface area contributed by atoms with Gasteiger partial charge in [-0.1, -0.05) is 29.8 Å². The van der Waals surface area contributed by atoms with E-state index in [-0.39, 0.29) is 80.3 Å². The molecule has 0 N–H and O–H groups in total. The summed E-state index contributed by atoms with van der Waals surface area (Å²) in [6.07, 6.45) is 1.48. The van der Waals surface area contributed by atoms with Crippen molar-refractivity contribution in [1.29, 1.82) is 5.26 Å². The number of carbonyl (C=O) groups is 1. The van der Waals surface area contributed by atoms with Gasteiger partial charge in [-0.15, -0.1) is 0 Å². The molecular weight excluding hydrogens is 695 g/mol. The molecule has 0 saturated carbocycles. The van der Waals surface area contributed by atoms with Crippen LogP contribution in [-0.2, 0) is 11.0 Å². The molecule has 1 amide bonds. The van der Waals surface area contributed by atoms with Gasteiger partial charge in [-0.05, 0) is 38.9 Å². The van der Waals surface area contributed by atoms with Crippen molar-refractivity contribution in [2.24, 2.45) is 0 Å². The summed E-state index contributed by atoms with van der Waals surface area (Å²) < 4.78 is 79.6. The Bertz CT molecular complexity index is 1910. The quantitative estimate of drug-likeness (QED) is 0.215. The molecule has 4 atom stereocenters. The number of hydrogen-bond acceptors (Lipinski definition) is 9. The largest absolute Gasteiger partial charge is 0.461 e. The van der Waals surface area contributed by atoms with Crippen molar-refractivity contribution in [3.05, 3.63) is 53.0 Å². The van der Waals surface area contributed by atoms with E-state index in [1.54, 1.807) is 9.80 Å². The van der Waals surface area contributed by atoms with Gasteiger partial charge in [0, 0.05) is 63.0 Å². The van der Waals surface area contributed by atoms with Gasteiger partial charge < -0.3 is 14.5 Å². The normalized spacial score (nSPS) is 25.7. The molecule has 270 valence electrons. The minimum Gasteiger partial charge on any atom is -0.461 e. The molecule has 4 aliphatic heterocycles. The van der Waals surface area contributed by atoms with E-state index in [2.05, 4.69) is 25.9 Å². The number of pyridine rings is 1. The molecule has 0 aliphatic carbocycles. The number of ether oxygens (including phenoxy) is 1. The third-order valence-electron chi connectivity index (χ3n) is 10.6. The van der Waals surface area contributed by atoms with Crippen LogP contribution in [0.2, 0.25) is 5.02 Å². The number of halogens is 6. The molecule has 51 heavy (non-hydrogen) atoms. The Balaban J connectivity index is 1.26. The minimum atomic E-state index is -4.90. The third kappa shape index (κ3) is 6.69. The summed E-state index contributed by atoms with van der Waals surface area (Å²) in [5, 5.41) is 9.17. The Kier molecular flexibility index (Phi) is 9.53. The molecular formula is C35H36ClF5N8O2. The van der Waals surface area contributed by atoms with Crippen LogP contribution in [0.1, 0.15) is 37.7 Å². The van der Waals surface area contributed by atoms with E-state index >= 15 is 4.39 Å². The summed E-state index contributed by atoms with van der Waals surface area (Å²) in [7, 11) is 1.98. The number of alkyl halides is 4. The second-order valence-corrected chi connectivity index (χ2v) is 14.1. The first-order valence-corrected chi connectivity index (χ1v) is 17.3. The van der Waals surface area contributed by atoms with Gasteiger partial charge in [-0.3, -0.25) is 19.6 Å². The van der Waals surface area contributed by atoms with Crippen molar-refractivity contribution in [2.75, 3.05) is 57.8 Å². The number of fused-ring (bicyclic) bond motifs is 2. The van der Waals surface area contributed by atoms with Crippen LogP contribution in [0.25, 0.3) is 22.2 Å². The second-order valence-electron chi connectivity index (χ2n) is 13.7. The molecule has 0 spiro atoms. The lowest BCUT2D eigenvalue weighted by Gasteiger charge is -2.41. The van der Waals surface area contributed by atoms with Gasteiger partial charge in [-0.2, -0.15) is 28.4 Å². The number of carbonyl (C=O) groups excluding carboxylic acids is 1. The first kappa shape index (κ1) is 35.3. The number of anilines is 1. The number of nitriles is 1. The van der Waals surface area contributed by atoms with Gasteiger partial charge in [0.1, 0.15) is 29.8 Å². The maximum absolute atomic E-state index is 16.6. The van der Waals surface area contributed by atoms with Crippen LogP contribution in [0.5, 0.6) is 6.01 Å². The van der Waals surface area contributed by atoms with Gasteiger partial charge in [0.05, 0.1) is 40.0 Å². The summed E-state index contributed by atoms with van der Waals surface area (Å²) in [5.41, 5.74) is -3.30. The average molecular weight is 731 g/mol. The van der Waals surface area contributed by atoms with E-state index in [0.717, 1.165) is 31.5 Å². The zero-order chi connectivity index (χ0) is 36.1. The van der Waals surface area contributed by atoms with Crippen LogP contribution in [0.15, 0.2) is 36.5 Å². The molecule has 6 heterocycles. The molecule has 10 nitrogen and oxygen atoms in total. The zero-order valence-electron chi connectivity index (χ0n) is 27.8. The van der Waals surface area contributed by atoms with Crippen molar-refractivity contribution < 1.29 is 31.5 Å². The molecule has 3 aromatic rings. The van der Waals surface area contributed by atoms with Gasteiger partial charge in [0.25, 0.3) is 0 Å². The molecule has 4 aliphatic rings. The van der Waals surface area contributed by atoms with Crippen LogP contribution in [0.4, 0.5) is 27.8 Å². The van der Waals surface area contributed by atoms with E-state index in [0.29, 0.717) is 13.0 Å². The molecule has 2 aromatic heterocycles. The van der Waals surface area contributed by atoms with Crippen molar-refractivity contribution in [1.82, 2.24) is 29.7 Å². The summed E-state index contributed by atoms with van der Waals surface area (Å²) in [5.74, 6) is -1.17. The number of piperazine rings is 1. The highest BCUT2D eigenvalue weighted by atomic mass is 35.5. The van der Waals surface area contributed by atoms with Crippen molar-refractivity contribution in [2.45, 2.75) is 62.1 Å². The maximum atomic E-state index is 16.6. The monoisotopic (exact) mass is 730 g/mol. The van der Waals surface area contributed by atoms with Gasteiger partial charge in [-0.25, -0.2) is 8.78 Å². The summed E-state index contributed by atoms with van der Waals surface area (Å²) >= 11 is 5.96. The molecule has 4 fully saturated rings. The highest BCUT2D eigenvalue weighted by Gasteiger charge is 2.49. The molecule has 1 aromatic carbocycles. The molecule has 0 bridgehead atoms. The van der Waals surface area contributed by atoms with E-state index in [9.17, 15) is 27.6 Å². The first-order valence-electron chi connectivity index (χ1n) is 16.9. The summed E-state index contributed by atoms with van der Waals surface area (Å²) in [4.78, 5) is 34.0. The second kappa shape index (κ2) is 13.8. The van der Waals surface area contributed by atoms with Crippen LogP contribution < -0.4 is 9.64 Å². The van der Waals surface area contributed by atoms with Crippen LogP contribution in [0.3, 0.4) is 0 Å². The molecule has 16 heteroatoms. The topological polar surface area (TPSA) is 102 Å². The molecule has 1 unspecified atom stereocenters. The van der Waals surface area contributed by atoms with Crippen LogP contribution in [-0.4, -0.2) is 112 Å². The lowest BCUT2D eigenvalue weighted by atomic mass is 9.95. The fraction of sp³-hybridized carbons (Fsp3) is 0.514. The Labute approximate surface area is 296 Å². The van der Waals surface area contributed by atoms with E-state index in [4.69, 9.17) is 16.3 Å². The van der Waals surface area contributed by atoms with Gasteiger partial charge in [0.2, 0.25) is 5.91 Å². The number of aromatic nitrogens is 3. The first-order chi connectivity index (χ1) is 24.4. The summed E-state index contributed by atoms with van der Waals surface area (Å²) in [6.45, 7) is 2.60. The van der Waals surface area contributed by atoms with Crippen molar-refractivity contribution in [3.63, 3.8) is 0 Å². The number of likely N-dealkylation sites (tertiary alicyclic amines) is 1. The lowest BCUT2D eigenvalue weighted by Crippen LogP contribution is -2.55. The Morgan fingerprint density at radius 3 is 2.75 bits per heavy atom. The highest BCUT2D eigenvalue weighted by Crippen LogP contribution is 2.44. The predicted molar refractivity (Wildman–Crippen MR) is 179 cm³/mol. The Hall–Kier alpha value is -4.13. The fourth-order valence-electron chi connectivity index (χ4n) is 7.86. The average Bonchev–Trinajstić information content (AvgIpc) is 3.61. The predicted octanol–water partition coefficient (Wildman–Crippen LogP) is 5.65. The van der Waals surface area contributed by atoms with E-state index in [1.807, 2.05) is 18.0 Å². The Morgan fingerprint density at radius 2 is 2.02 bits per heavy atom. The number of benzene rings is 1. The zero-order valence-corrected chi connectivity index (χ0v) is 28.6. The van der Waals surface area contributed by atoms with Gasteiger partial charge >= 0.3 is 12.2 Å².